The average Bonchev–Trinajstić information content (AvgIpc) is 2.82. The standard InChI is InChI=1S/C27H40NO5P/c1-18(2)23-14-8-19(3)16-25(23)33-34(30,22-12-10-21(11-13-22)28(4)5)27(29)20-9-15-24(31-6)26(17-20)32-7/h9-13,15,17-19,23,25,27,29H,8,14,16H2,1-7H3/t19-,23-,25+,27+,34+/m0/s1. The number of aliphatic hydroxyl groups is 1. The summed E-state index contributed by atoms with van der Waals surface area (Å²) >= 11 is 0. The minimum Gasteiger partial charge on any atom is -0.493 e. The number of hydrogen-bond acceptors (Lipinski definition) is 6. The van der Waals surface area contributed by atoms with Gasteiger partial charge in [0.05, 0.1) is 20.3 Å². The van der Waals surface area contributed by atoms with E-state index >= 15 is 0 Å². The predicted molar refractivity (Wildman–Crippen MR) is 139 cm³/mol. The first kappa shape index (κ1) is 26.6. The summed E-state index contributed by atoms with van der Waals surface area (Å²) in [5, 5.41) is 12.1. The van der Waals surface area contributed by atoms with Crippen molar-refractivity contribution in [1.29, 1.82) is 0 Å². The quantitative estimate of drug-likeness (QED) is 0.446. The summed E-state index contributed by atoms with van der Waals surface area (Å²) in [5.41, 5.74) is 1.46. The molecule has 1 saturated carbocycles. The summed E-state index contributed by atoms with van der Waals surface area (Å²) in [6, 6.07) is 12.6. The zero-order chi connectivity index (χ0) is 25.0. The fourth-order valence-corrected chi connectivity index (χ4v) is 7.15. The number of ether oxygens (including phenoxy) is 2. The molecule has 5 atom stereocenters. The van der Waals surface area contributed by atoms with E-state index in [0.717, 1.165) is 24.9 Å². The van der Waals surface area contributed by atoms with Crippen LogP contribution in [0.15, 0.2) is 42.5 Å². The van der Waals surface area contributed by atoms with Crippen LogP contribution in [-0.2, 0) is 9.09 Å². The molecular formula is C27H40NO5P. The van der Waals surface area contributed by atoms with E-state index in [-0.39, 0.29) is 6.10 Å². The molecule has 6 nitrogen and oxygen atoms in total. The Balaban J connectivity index is 2.07. The lowest BCUT2D eigenvalue weighted by molar-refractivity contribution is 0.0427. The minimum absolute atomic E-state index is 0.182. The number of rotatable bonds is 9. The van der Waals surface area contributed by atoms with Gasteiger partial charge < -0.3 is 24.0 Å². The van der Waals surface area contributed by atoms with E-state index in [0.29, 0.717) is 40.1 Å². The van der Waals surface area contributed by atoms with Crippen molar-refractivity contribution in [3.63, 3.8) is 0 Å². The summed E-state index contributed by atoms with van der Waals surface area (Å²) in [5.74, 6) is 0.874. The molecule has 0 amide bonds. The van der Waals surface area contributed by atoms with Crippen LogP contribution in [0.25, 0.3) is 0 Å². The molecule has 7 heteroatoms. The Morgan fingerprint density at radius 3 is 2.21 bits per heavy atom. The molecule has 188 valence electrons. The number of benzene rings is 2. The summed E-state index contributed by atoms with van der Waals surface area (Å²) in [4.78, 5) is 1.98. The van der Waals surface area contributed by atoms with Crippen LogP contribution in [0.3, 0.4) is 0 Å². The normalized spacial score (nSPS) is 23.3. The molecule has 2 aromatic carbocycles. The van der Waals surface area contributed by atoms with Gasteiger partial charge >= 0.3 is 0 Å². The number of hydrogen-bond donors (Lipinski definition) is 1. The zero-order valence-electron chi connectivity index (χ0n) is 21.5. The molecule has 1 aliphatic carbocycles. The van der Waals surface area contributed by atoms with Crippen LogP contribution in [0.2, 0.25) is 0 Å². The summed E-state index contributed by atoms with van der Waals surface area (Å²) in [6.45, 7) is 6.60. The van der Waals surface area contributed by atoms with Gasteiger partial charge in [0, 0.05) is 25.1 Å². The number of aliphatic hydroxyl groups excluding tert-OH is 1. The molecule has 0 aromatic heterocycles. The Bertz CT molecular complexity index is 991. The first-order valence-electron chi connectivity index (χ1n) is 12.1. The van der Waals surface area contributed by atoms with Crippen LogP contribution >= 0.6 is 7.37 Å². The van der Waals surface area contributed by atoms with Gasteiger partial charge in [-0.25, -0.2) is 0 Å². The lowest BCUT2D eigenvalue weighted by atomic mass is 9.75. The van der Waals surface area contributed by atoms with Crippen molar-refractivity contribution in [2.75, 3.05) is 33.2 Å². The highest BCUT2D eigenvalue weighted by molar-refractivity contribution is 7.67. The minimum atomic E-state index is -3.72. The van der Waals surface area contributed by atoms with Gasteiger partial charge in [-0.3, -0.25) is 4.57 Å². The van der Waals surface area contributed by atoms with Crippen molar-refractivity contribution < 1.29 is 23.7 Å². The SMILES string of the molecule is COc1ccc([C@H](O)[P@](=O)(O[C@@H]2C[C@@H](C)CC[C@H]2C(C)C)c2ccc(N(C)C)cc2)cc1OC. The van der Waals surface area contributed by atoms with Gasteiger partial charge in [-0.15, -0.1) is 0 Å². The van der Waals surface area contributed by atoms with Crippen molar-refractivity contribution in [3.05, 3.63) is 48.0 Å². The number of anilines is 1. The van der Waals surface area contributed by atoms with Crippen LogP contribution in [0.5, 0.6) is 11.5 Å². The molecule has 1 fully saturated rings. The van der Waals surface area contributed by atoms with Crippen LogP contribution < -0.4 is 19.7 Å². The number of methoxy groups -OCH3 is 2. The second-order valence-corrected chi connectivity index (χ2v) is 12.4. The second-order valence-electron chi connectivity index (χ2n) is 9.97. The van der Waals surface area contributed by atoms with Crippen molar-refractivity contribution in [2.24, 2.45) is 17.8 Å². The molecule has 1 aliphatic rings. The molecule has 0 radical (unpaired) electrons. The molecule has 0 unspecified atom stereocenters. The highest BCUT2D eigenvalue weighted by Gasteiger charge is 2.43. The van der Waals surface area contributed by atoms with E-state index in [2.05, 4.69) is 20.8 Å². The Morgan fingerprint density at radius 1 is 1.00 bits per heavy atom. The molecule has 0 spiro atoms. The Kier molecular flexibility index (Phi) is 8.72. The average molecular weight is 490 g/mol. The van der Waals surface area contributed by atoms with Crippen LogP contribution in [0, 0.1) is 17.8 Å². The third-order valence-corrected chi connectivity index (χ3v) is 9.55. The monoisotopic (exact) mass is 489 g/mol. The summed E-state index contributed by atoms with van der Waals surface area (Å²) < 4.78 is 32.1. The first-order chi connectivity index (χ1) is 16.1. The van der Waals surface area contributed by atoms with Gasteiger partial charge in [0.15, 0.2) is 17.3 Å². The summed E-state index contributed by atoms with van der Waals surface area (Å²) in [6.07, 6.45) is 2.83. The molecule has 0 bridgehead atoms. The van der Waals surface area contributed by atoms with E-state index in [1.807, 2.05) is 43.3 Å². The highest BCUT2D eigenvalue weighted by Crippen LogP contribution is 2.61. The maximum Gasteiger partial charge on any atom is 0.264 e. The Hall–Kier alpha value is -2.01. The zero-order valence-corrected chi connectivity index (χ0v) is 22.4. The topological polar surface area (TPSA) is 68.2 Å². The number of nitrogens with zero attached hydrogens (tertiary/aromatic N) is 1. The van der Waals surface area contributed by atoms with Gasteiger partial charge in [0.1, 0.15) is 0 Å². The predicted octanol–water partition coefficient (Wildman–Crippen LogP) is 5.84. The molecular weight excluding hydrogens is 449 g/mol. The van der Waals surface area contributed by atoms with Gasteiger partial charge in [0.25, 0.3) is 7.37 Å². The lowest BCUT2D eigenvalue weighted by Gasteiger charge is -2.40. The molecule has 0 aliphatic heterocycles. The van der Waals surface area contributed by atoms with Crippen LogP contribution in [-0.4, -0.2) is 39.5 Å². The second kappa shape index (κ2) is 11.2. The third kappa shape index (κ3) is 5.62. The maximum absolute atomic E-state index is 14.7. The Morgan fingerprint density at radius 2 is 1.65 bits per heavy atom. The van der Waals surface area contributed by atoms with E-state index in [1.54, 1.807) is 32.4 Å². The molecule has 2 aromatic rings. The third-order valence-electron chi connectivity index (χ3n) is 7.01. The molecule has 0 heterocycles. The molecule has 1 N–H and O–H groups in total. The maximum atomic E-state index is 14.7. The molecule has 0 saturated heterocycles. The van der Waals surface area contributed by atoms with E-state index in [9.17, 15) is 9.67 Å². The van der Waals surface area contributed by atoms with Gasteiger partial charge in [-0.1, -0.05) is 33.3 Å². The molecule has 3 rings (SSSR count). The van der Waals surface area contributed by atoms with Crippen molar-refractivity contribution in [2.45, 2.75) is 52.0 Å². The van der Waals surface area contributed by atoms with Crippen LogP contribution in [0.1, 0.15) is 51.4 Å². The van der Waals surface area contributed by atoms with Crippen molar-refractivity contribution >= 4 is 18.4 Å². The summed E-state index contributed by atoms with van der Waals surface area (Å²) in [7, 11) is 3.30. The van der Waals surface area contributed by atoms with Gasteiger partial charge in [-0.2, -0.15) is 0 Å². The largest absolute Gasteiger partial charge is 0.493 e. The highest BCUT2D eigenvalue weighted by atomic mass is 31.2. The fourth-order valence-electron chi connectivity index (χ4n) is 4.86. The van der Waals surface area contributed by atoms with Gasteiger partial charge in [0.2, 0.25) is 0 Å². The Labute approximate surface area is 204 Å². The van der Waals surface area contributed by atoms with Gasteiger partial charge in [-0.05, 0) is 72.6 Å². The van der Waals surface area contributed by atoms with Crippen molar-refractivity contribution in [3.8, 4) is 11.5 Å². The first-order valence-corrected chi connectivity index (χ1v) is 13.8. The lowest BCUT2D eigenvalue weighted by Crippen LogP contribution is -2.35. The fraction of sp³-hybridized carbons (Fsp3) is 0.556. The molecule has 34 heavy (non-hydrogen) atoms. The van der Waals surface area contributed by atoms with E-state index < -0.39 is 13.2 Å². The van der Waals surface area contributed by atoms with Crippen LogP contribution in [0.4, 0.5) is 5.69 Å². The smallest absolute Gasteiger partial charge is 0.264 e. The van der Waals surface area contributed by atoms with Crippen molar-refractivity contribution in [1.82, 2.24) is 0 Å². The van der Waals surface area contributed by atoms with E-state index in [1.165, 1.54) is 0 Å². The van der Waals surface area contributed by atoms with E-state index in [4.69, 9.17) is 14.0 Å².